The number of carbonyl (C=O) groups is 1. The number of nitrogens with one attached hydrogen (secondary N) is 1. The van der Waals surface area contributed by atoms with Crippen molar-refractivity contribution in [3.63, 3.8) is 0 Å². The van der Waals surface area contributed by atoms with Crippen LogP contribution in [0, 0.1) is 5.82 Å². The molecule has 1 amide bonds. The predicted octanol–water partition coefficient (Wildman–Crippen LogP) is 3.99. The van der Waals surface area contributed by atoms with Crippen LogP contribution >= 0.6 is 0 Å². The lowest BCUT2D eigenvalue weighted by molar-refractivity contribution is 0.138. The molecule has 0 bridgehead atoms. The van der Waals surface area contributed by atoms with E-state index >= 15 is 0 Å². The van der Waals surface area contributed by atoms with Crippen LogP contribution in [0.25, 0.3) is 11.3 Å². The Labute approximate surface area is 156 Å². The minimum absolute atomic E-state index is 0.264. The molecule has 4 rings (SSSR count). The highest BCUT2D eigenvalue weighted by Gasteiger charge is 2.26. The van der Waals surface area contributed by atoms with E-state index in [0.717, 1.165) is 29.8 Å². The van der Waals surface area contributed by atoms with Gasteiger partial charge in [0.1, 0.15) is 5.82 Å². The van der Waals surface area contributed by atoms with Gasteiger partial charge in [-0.1, -0.05) is 0 Å². The monoisotopic (exact) mass is 366 g/mol. The fraction of sp³-hybridized carbons (Fsp3) is 0.250. The summed E-state index contributed by atoms with van der Waals surface area (Å²) < 4.78 is 18.4. The third-order valence-electron chi connectivity index (χ3n) is 4.77. The zero-order valence-electron chi connectivity index (χ0n) is 14.6. The molecule has 0 unspecified atom stereocenters. The molecule has 1 aliphatic rings. The number of aromatic nitrogens is 3. The highest BCUT2D eigenvalue weighted by Crippen LogP contribution is 2.29. The number of hydrogen-bond acceptors (Lipinski definition) is 4. The van der Waals surface area contributed by atoms with Gasteiger partial charge in [-0.15, -0.1) is 0 Å². The van der Waals surface area contributed by atoms with Gasteiger partial charge in [-0.05, 0) is 55.3 Å². The van der Waals surface area contributed by atoms with Crippen LogP contribution in [0.3, 0.4) is 0 Å². The summed E-state index contributed by atoms with van der Waals surface area (Å²) in [6, 6.07) is 11.7. The van der Waals surface area contributed by atoms with Crippen LogP contribution in [-0.2, 0) is 0 Å². The van der Waals surface area contributed by atoms with Gasteiger partial charge in [0.25, 0.3) is 0 Å². The van der Waals surface area contributed by atoms with E-state index in [1.54, 1.807) is 35.4 Å². The Bertz CT molecular complexity index is 903. The average molecular weight is 366 g/mol. The number of H-pyrrole nitrogens is 1. The van der Waals surface area contributed by atoms with Crippen molar-refractivity contribution in [3.8, 4) is 17.0 Å². The number of likely N-dealkylation sites (tertiary alicyclic amines) is 1. The van der Waals surface area contributed by atoms with Crippen LogP contribution in [0.5, 0.6) is 5.75 Å². The van der Waals surface area contributed by atoms with Crippen molar-refractivity contribution in [2.75, 3.05) is 13.1 Å². The van der Waals surface area contributed by atoms with Gasteiger partial charge in [0.15, 0.2) is 5.75 Å². The van der Waals surface area contributed by atoms with E-state index in [1.807, 2.05) is 6.07 Å². The molecule has 3 heterocycles. The summed E-state index contributed by atoms with van der Waals surface area (Å²) in [5.74, 6) is 0.483. The quantitative estimate of drug-likeness (QED) is 0.761. The van der Waals surface area contributed by atoms with Crippen LogP contribution in [0.15, 0.2) is 54.9 Å². The molecule has 138 valence electrons. The van der Waals surface area contributed by atoms with E-state index in [-0.39, 0.29) is 11.9 Å². The predicted molar refractivity (Wildman–Crippen MR) is 97.8 cm³/mol. The molecule has 0 aliphatic carbocycles. The summed E-state index contributed by atoms with van der Waals surface area (Å²) >= 11 is 0. The molecule has 1 aliphatic heterocycles. The van der Waals surface area contributed by atoms with E-state index in [9.17, 15) is 9.18 Å². The summed E-state index contributed by atoms with van der Waals surface area (Å²) in [6.07, 6.45) is 4.46. The number of ether oxygens (including phenoxy) is 1. The van der Waals surface area contributed by atoms with E-state index in [4.69, 9.17) is 4.74 Å². The van der Waals surface area contributed by atoms with Crippen molar-refractivity contribution in [3.05, 3.63) is 66.4 Å². The Morgan fingerprint density at radius 2 is 1.96 bits per heavy atom. The zero-order valence-corrected chi connectivity index (χ0v) is 14.6. The fourth-order valence-electron chi connectivity index (χ4n) is 3.26. The van der Waals surface area contributed by atoms with Crippen LogP contribution in [0.4, 0.5) is 9.18 Å². The smallest absolute Gasteiger partial charge is 0.409 e. The molecular formula is C20H19FN4O2. The van der Waals surface area contributed by atoms with Crippen LogP contribution in [0.2, 0.25) is 0 Å². The second-order valence-corrected chi connectivity index (χ2v) is 6.53. The summed E-state index contributed by atoms with van der Waals surface area (Å²) in [5.41, 5.74) is 2.70. The first-order valence-electron chi connectivity index (χ1n) is 8.87. The van der Waals surface area contributed by atoms with Crippen molar-refractivity contribution in [1.29, 1.82) is 0 Å². The number of nitrogens with zero attached hydrogens (tertiary/aromatic N) is 3. The molecule has 2 aromatic heterocycles. The lowest BCUT2D eigenvalue weighted by Gasteiger charge is -2.30. The van der Waals surface area contributed by atoms with Crippen LogP contribution in [0.1, 0.15) is 24.5 Å². The molecule has 27 heavy (non-hydrogen) atoms. The molecule has 0 radical (unpaired) electrons. The second kappa shape index (κ2) is 7.57. The Kier molecular flexibility index (Phi) is 4.82. The molecule has 7 heteroatoms. The normalized spacial score (nSPS) is 14.9. The number of aromatic amines is 1. The van der Waals surface area contributed by atoms with Gasteiger partial charge in [-0.25, -0.2) is 9.18 Å². The molecule has 3 aromatic rings. The van der Waals surface area contributed by atoms with E-state index in [0.29, 0.717) is 24.8 Å². The molecular weight excluding hydrogens is 347 g/mol. The maximum absolute atomic E-state index is 13.1. The molecule has 0 atom stereocenters. The second-order valence-electron chi connectivity index (χ2n) is 6.53. The minimum atomic E-state index is -0.349. The standard InChI is InChI=1S/C20H19FN4O2/c21-16-5-3-14(4-6-16)18-12-19(24-23-18)15-7-10-25(11-8-15)20(26)27-17-2-1-9-22-13-17/h1-6,9,12-13,15H,7-8,10-11H2,(H,23,24). The number of carbonyl (C=O) groups excluding carboxylic acids is 1. The highest BCUT2D eigenvalue weighted by atomic mass is 19.1. The Balaban J connectivity index is 1.35. The van der Waals surface area contributed by atoms with Crippen molar-refractivity contribution < 1.29 is 13.9 Å². The summed E-state index contributed by atoms with van der Waals surface area (Å²) in [5, 5.41) is 7.43. The Hall–Kier alpha value is -3.22. The fourth-order valence-corrected chi connectivity index (χ4v) is 3.26. The summed E-state index contributed by atoms with van der Waals surface area (Å²) in [7, 11) is 0. The number of piperidine rings is 1. The van der Waals surface area contributed by atoms with Gasteiger partial charge in [0.2, 0.25) is 0 Å². The number of benzene rings is 1. The molecule has 1 saturated heterocycles. The first-order chi connectivity index (χ1) is 13.2. The first kappa shape index (κ1) is 17.2. The van der Waals surface area contributed by atoms with Crippen molar-refractivity contribution in [2.45, 2.75) is 18.8 Å². The zero-order chi connectivity index (χ0) is 18.6. The van der Waals surface area contributed by atoms with Crippen molar-refractivity contribution in [2.24, 2.45) is 0 Å². The van der Waals surface area contributed by atoms with Crippen LogP contribution in [-0.4, -0.2) is 39.3 Å². The van der Waals surface area contributed by atoms with Gasteiger partial charge >= 0.3 is 6.09 Å². The van der Waals surface area contributed by atoms with E-state index in [2.05, 4.69) is 15.2 Å². The van der Waals surface area contributed by atoms with E-state index < -0.39 is 0 Å². The largest absolute Gasteiger partial charge is 0.415 e. The number of hydrogen-bond donors (Lipinski definition) is 1. The van der Waals surface area contributed by atoms with Gasteiger partial charge in [0.05, 0.1) is 11.9 Å². The average Bonchev–Trinajstić information content (AvgIpc) is 3.20. The number of pyridine rings is 1. The summed E-state index contributed by atoms with van der Waals surface area (Å²) in [4.78, 5) is 17.9. The first-order valence-corrected chi connectivity index (χ1v) is 8.87. The maximum atomic E-state index is 13.1. The van der Waals surface area contributed by atoms with Crippen molar-refractivity contribution >= 4 is 6.09 Å². The highest BCUT2D eigenvalue weighted by molar-refractivity contribution is 5.70. The molecule has 6 nitrogen and oxygen atoms in total. The van der Waals surface area contributed by atoms with Gasteiger partial charge < -0.3 is 9.64 Å². The Morgan fingerprint density at radius 3 is 2.67 bits per heavy atom. The van der Waals surface area contributed by atoms with Crippen molar-refractivity contribution in [1.82, 2.24) is 20.1 Å². The number of amides is 1. The van der Waals surface area contributed by atoms with Gasteiger partial charge in [0, 0.05) is 36.5 Å². The third-order valence-corrected chi connectivity index (χ3v) is 4.77. The van der Waals surface area contributed by atoms with Gasteiger partial charge in [-0.3, -0.25) is 10.1 Å². The molecule has 1 aromatic carbocycles. The van der Waals surface area contributed by atoms with E-state index in [1.165, 1.54) is 18.3 Å². The maximum Gasteiger partial charge on any atom is 0.415 e. The molecule has 0 saturated carbocycles. The topological polar surface area (TPSA) is 71.1 Å². The molecule has 1 fully saturated rings. The molecule has 1 N–H and O–H groups in total. The third kappa shape index (κ3) is 3.97. The lowest BCUT2D eigenvalue weighted by Crippen LogP contribution is -2.39. The molecule has 0 spiro atoms. The summed E-state index contributed by atoms with van der Waals surface area (Å²) in [6.45, 7) is 1.24. The number of rotatable bonds is 3. The van der Waals surface area contributed by atoms with Gasteiger partial charge in [-0.2, -0.15) is 5.10 Å². The van der Waals surface area contributed by atoms with Crippen LogP contribution < -0.4 is 4.74 Å². The lowest BCUT2D eigenvalue weighted by atomic mass is 9.93. The minimum Gasteiger partial charge on any atom is -0.409 e. The Morgan fingerprint density at radius 1 is 1.19 bits per heavy atom. The number of halogens is 1. The SMILES string of the molecule is O=C(Oc1cccnc1)N1CCC(c2cc(-c3ccc(F)cc3)n[nH]2)CC1.